The largest absolute Gasteiger partial charge is 0.497 e. The Balaban J connectivity index is 2.34. The number of nitrogens with two attached hydrogens (primary N) is 1. The van der Waals surface area contributed by atoms with Crippen molar-refractivity contribution in [1.82, 2.24) is 0 Å². The van der Waals surface area contributed by atoms with E-state index in [0.29, 0.717) is 0 Å². The van der Waals surface area contributed by atoms with Crippen LogP contribution >= 0.6 is 0 Å². The molecule has 0 radical (unpaired) electrons. The van der Waals surface area contributed by atoms with Crippen LogP contribution in [0.5, 0.6) is 11.5 Å². The third-order valence-electron chi connectivity index (χ3n) is 4.38. The molecule has 2 unspecified atom stereocenters. The first-order chi connectivity index (χ1) is 9.70. The van der Waals surface area contributed by atoms with Crippen LogP contribution < -0.4 is 15.2 Å². The number of methoxy groups -OCH3 is 2. The van der Waals surface area contributed by atoms with Crippen LogP contribution in [0.15, 0.2) is 18.2 Å². The van der Waals surface area contributed by atoms with Gasteiger partial charge in [-0.25, -0.2) is 0 Å². The van der Waals surface area contributed by atoms with Gasteiger partial charge in [0.25, 0.3) is 0 Å². The third kappa shape index (κ3) is 3.16. The highest BCUT2D eigenvalue weighted by Gasteiger charge is 2.48. The Hall–Kier alpha value is -1.26. The summed E-state index contributed by atoms with van der Waals surface area (Å²) in [5.41, 5.74) is 7.16. The molecule has 0 amide bonds. The van der Waals surface area contributed by atoms with Gasteiger partial charge in [-0.15, -0.1) is 0 Å². The molecular formula is C17H27NO3. The fraction of sp³-hybridized carbons (Fsp3) is 0.647. The zero-order valence-corrected chi connectivity index (χ0v) is 13.9. The Bertz CT molecular complexity index is 511. The Morgan fingerprint density at radius 1 is 1.19 bits per heavy atom. The SMILES string of the molecule is COc1ccc(C(N)C2CC(C)(C)OC2(C)C)c(OC)c1. The minimum Gasteiger partial charge on any atom is -0.497 e. The lowest BCUT2D eigenvalue weighted by Crippen LogP contribution is -2.36. The molecule has 1 aromatic rings. The number of hydrogen-bond donors (Lipinski definition) is 1. The van der Waals surface area contributed by atoms with Gasteiger partial charge in [0.1, 0.15) is 11.5 Å². The Morgan fingerprint density at radius 2 is 1.86 bits per heavy atom. The zero-order chi connectivity index (χ0) is 15.8. The summed E-state index contributed by atoms with van der Waals surface area (Å²) in [6.45, 7) is 8.46. The molecule has 0 bridgehead atoms. The molecule has 1 heterocycles. The Morgan fingerprint density at radius 3 is 2.33 bits per heavy atom. The van der Waals surface area contributed by atoms with Gasteiger partial charge in [0.15, 0.2) is 0 Å². The average Bonchev–Trinajstić information content (AvgIpc) is 2.65. The van der Waals surface area contributed by atoms with Crippen molar-refractivity contribution >= 4 is 0 Å². The van der Waals surface area contributed by atoms with Gasteiger partial charge in [-0.3, -0.25) is 0 Å². The van der Waals surface area contributed by atoms with Crippen molar-refractivity contribution in [2.45, 2.75) is 51.4 Å². The van der Waals surface area contributed by atoms with E-state index in [1.165, 1.54) is 0 Å². The molecule has 0 spiro atoms. The molecule has 2 atom stereocenters. The normalized spacial score (nSPS) is 24.6. The van der Waals surface area contributed by atoms with Crippen molar-refractivity contribution < 1.29 is 14.2 Å². The van der Waals surface area contributed by atoms with E-state index in [1.807, 2.05) is 18.2 Å². The van der Waals surface area contributed by atoms with Crippen LogP contribution in [0, 0.1) is 5.92 Å². The molecule has 1 saturated heterocycles. The highest BCUT2D eigenvalue weighted by atomic mass is 16.5. The molecule has 0 aromatic heterocycles. The fourth-order valence-electron chi connectivity index (χ4n) is 3.47. The Labute approximate surface area is 127 Å². The lowest BCUT2D eigenvalue weighted by molar-refractivity contribution is -0.0767. The average molecular weight is 293 g/mol. The van der Waals surface area contributed by atoms with Crippen molar-refractivity contribution in [3.63, 3.8) is 0 Å². The van der Waals surface area contributed by atoms with Crippen LogP contribution in [0.25, 0.3) is 0 Å². The van der Waals surface area contributed by atoms with E-state index in [0.717, 1.165) is 23.5 Å². The van der Waals surface area contributed by atoms with E-state index < -0.39 is 0 Å². The van der Waals surface area contributed by atoms with Crippen LogP contribution in [-0.4, -0.2) is 25.4 Å². The molecule has 118 valence electrons. The summed E-state index contributed by atoms with van der Waals surface area (Å²) < 4.78 is 16.9. The molecular weight excluding hydrogens is 266 g/mol. The summed E-state index contributed by atoms with van der Waals surface area (Å²) >= 11 is 0. The molecule has 4 nitrogen and oxygen atoms in total. The van der Waals surface area contributed by atoms with Gasteiger partial charge in [0.2, 0.25) is 0 Å². The smallest absolute Gasteiger partial charge is 0.127 e. The second kappa shape index (κ2) is 5.50. The molecule has 21 heavy (non-hydrogen) atoms. The Kier molecular flexibility index (Phi) is 4.22. The van der Waals surface area contributed by atoms with Crippen LogP contribution in [0.3, 0.4) is 0 Å². The molecule has 1 fully saturated rings. The standard InChI is InChI=1S/C17H27NO3/c1-16(2)10-13(17(3,4)21-16)15(18)12-8-7-11(19-5)9-14(12)20-6/h7-9,13,15H,10,18H2,1-6H3. The van der Waals surface area contributed by atoms with Gasteiger partial charge in [-0.05, 0) is 40.2 Å². The second-order valence-corrected chi connectivity index (χ2v) is 6.91. The van der Waals surface area contributed by atoms with Crippen molar-refractivity contribution in [3.8, 4) is 11.5 Å². The molecule has 0 saturated carbocycles. The van der Waals surface area contributed by atoms with Crippen LogP contribution in [0.1, 0.15) is 45.7 Å². The van der Waals surface area contributed by atoms with Crippen molar-refractivity contribution in [1.29, 1.82) is 0 Å². The molecule has 2 rings (SSSR count). The van der Waals surface area contributed by atoms with E-state index in [9.17, 15) is 0 Å². The van der Waals surface area contributed by atoms with Gasteiger partial charge < -0.3 is 19.9 Å². The van der Waals surface area contributed by atoms with Gasteiger partial charge in [-0.2, -0.15) is 0 Å². The lowest BCUT2D eigenvalue weighted by atomic mass is 9.79. The minimum atomic E-state index is -0.256. The summed E-state index contributed by atoms with van der Waals surface area (Å²) in [5.74, 6) is 1.77. The maximum Gasteiger partial charge on any atom is 0.127 e. The maximum absolute atomic E-state index is 6.56. The summed E-state index contributed by atoms with van der Waals surface area (Å²) in [5, 5.41) is 0. The highest BCUT2D eigenvalue weighted by molar-refractivity contribution is 5.43. The summed E-state index contributed by atoms with van der Waals surface area (Å²) in [7, 11) is 3.30. The monoisotopic (exact) mass is 293 g/mol. The number of benzene rings is 1. The van der Waals surface area contributed by atoms with Crippen molar-refractivity contribution in [2.24, 2.45) is 11.7 Å². The lowest BCUT2D eigenvalue weighted by Gasteiger charge is -2.31. The van der Waals surface area contributed by atoms with Crippen molar-refractivity contribution in [2.75, 3.05) is 14.2 Å². The first kappa shape index (κ1) is 16.1. The highest BCUT2D eigenvalue weighted by Crippen LogP contribution is 2.48. The molecule has 0 aliphatic carbocycles. The van der Waals surface area contributed by atoms with E-state index in [2.05, 4.69) is 27.7 Å². The van der Waals surface area contributed by atoms with Gasteiger partial charge >= 0.3 is 0 Å². The topological polar surface area (TPSA) is 53.7 Å². The maximum atomic E-state index is 6.56. The van der Waals surface area contributed by atoms with Crippen molar-refractivity contribution in [3.05, 3.63) is 23.8 Å². The predicted octanol–water partition coefficient (Wildman–Crippen LogP) is 3.30. The van der Waals surface area contributed by atoms with Crippen LogP contribution in [0.2, 0.25) is 0 Å². The van der Waals surface area contributed by atoms with Gasteiger partial charge in [0, 0.05) is 23.6 Å². The van der Waals surface area contributed by atoms with Gasteiger partial charge in [-0.1, -0.05) is 6.07 Å². The van der Waals surface area contributed by atoms with E-state index >= 15 is 0 Å². The van der Waals surface area contributed by atoms with E-state index in [4.69, 9.17) is 19.9 Å². The third-order valence-corrected chi connectivity index (χ3v) is 4.38. The van der Waals surface area contributed by atoms with E-state index in [1.54, 1.807) is 14.2 Å². The van der Waals surface area contributed by atoms with Crippen LogP contribution in [0.4, 0.5) is 0 Å². The number of ether oxygens (including phenoxy) is 3. The first-order valence-corrected chi connectivity index (χ1v) is 7.38. The minimum absolute atomic E-state index is 0.136. The molecule has 1 aromatic carbocycles. The summed E-state index contributed by atoms with van der Waals surface area (Å²) in [6.07, 6.45) is 0.927. The summed E-state index contributed by atoms with van der Waals surface area (Å²) in [6, 6.07) is 5.65. The van der Waals surface area contributed by atoms with Crippen LogP contribution in [-0.2, 0) is 4.74 Å². The quantitative estimate of drug-likeness (QED) is 0.925. The molecule has 4 heteroatoms. The predicted molar refractivity (Wildman–Crippen MR) is 83.8 cm³/mol. The number of rotatable bonds is 4. The number of hydrogen-bond acceptors (Lipinski definition) is 4. The van der Waals surface area contributed by atoms with E-state index in [-0.39, 0.29) is 23.2 Å². The molecule has 1 aliphatic rings. The zero-order valence-electron chi connectivity index (χ0n) is 13.9. The fourth-order valence-corrected chi connectivity index (χ4v) is 3.47. The molecule has 2 N–H and O–H groups in total. The molecule has 1 aliphatic heterocycles. The van der Waals surface area contributed by atoms with Gasteiger partial charge in [0.05, 0.1) is 25.4 Å². The summed E-state index contributed by atoms with van der Waals surface area (Å²) in [4.78, 5) is 0. The first-order valence-electron chi connectivity index (χ1n) is 7.38. The second-order valence-electron chi connectivity index (χ2n) is 6.91.